The number of fused-ring (bicyclic) bond motifs is 1. The zero-order chi connectivity index (χ0) is 15.1. The van der Waals surface area contributed by atoms with Crippen LogP contribution in [0.1, 0.15) is 54.0 Å². The van der Waals surface area contributed by atoms with E-state index in [0.29, 0.717) is 5.75 Å². The van der Waals surface area contributed by atoms with Crippen molar-refractivity contribution in [3.8, 4) is 5.75 Å². The zero-order valence-electron chi connectivity index (χ0n) is 13.4. The summed E-state index contributed by atoms with van der Waals surface area (Å²) in [7, 11) is 0. The van der Waals surface area contributed by atoms with Gasteiger partial charge in [0.2, 0.25) is 0 Å². The highest BCUT2D eigenvalue weighted by Crippen LogP contribution is 2.34. The van der Waals surface area contributed by atoms with E-state index >= 15 is 0 Å². The normalized spacial score (nSPS) is 10.1. The van der Waals surface area contributed by atoms with Gasteiger partial charge in [0.25, 0.3) is 0 Å². The number of phenolic OH excluding ortho intramolecular Hbond substituents is 1. The largest absolute Gasteiger partial charge is 0.507 e. The van der Waals surface area contributed by atoms with Gasteiger partial charge in [-0.3, -0.25) is 0 Å². The first-order valence-electron chi connectivity index (χ1n) is 7.21. The van der Waals surface area contributed by atoms with Gasteiger partial charge in [0.05, 0.1) is 0 Å². The van der Waals surface area contributed by atoms with Gasteiger partial charge in [-0.15, -0.1) is 0 Å². The average Bonchev–Trinajstić information content (AvgIpc) is 2.42. The third kappa shape index (κ3) is 4.27. The van der Waals surface area contributed by atoms with Crippen LogP contribution < -0.4 is 0 Å². The fourth-order valence-electron chi connectivity index (χ4n) is 1.94. The predicted octanol–water partition coefficient (Wildman–Crippen LogP) is 5.90. The molecule has 0 unspecified atom stereocenters. The minimum Gasteiger partial charge on any atom is -0.507 e. The molecule has 0 aromatic heterocycles. The van der Waals surface area contributed by atoms with Gasteiger partial charge in [0.15, 0.2) is 0 Å². The lowest BCUT2D eigenvalue weighted by molar-refractivity contribution is 0.481. The van der Waals surface area contributed by atoms with E-state index in [2.05, 4.69) is 26.8 Å². The molecule has 1 N–H and O–H groups in total. The summed E-state index contributed by atoms with van der Waals surface area (Å²) in [5, 5.41) is 11.8. The molecule has 0 saturated carbocycles. The van der Waals surface area contributed by atoms with E-state index in [9.17, 15) is 5.11 Å². The summed E-state index contributed by atoms with van der Waals surface area (Å²) in [4.78, 5) is 0. The smallest absolute Gasteiger partial charge is 0.123 e. The highest BCUT2D eigenvalue weighted by molar-refractivity contribution is 5.91. The van der Waals surface area contributed by atoms with Crippen LogP contribution in [0.15, 0.2) is 36.4 Å². The number of aromatic hydroxyl groups is 1. The van der Waals surface area contributed by atoms with Crippen LogP contribution in [0, 0.1) is 0 Å². The Bertz CT molecular complexity index is 493. The first-order valence-corrected chi connectivity index (χ1v) is 7.21. The van der Waals surface area contributed by atoms with Gasteiger partial charge in [-0.05, 0) is 22.4 Å². The molecular weight excluding hydrogens is 232 g/mol. The highest BCUT2D eigenvalue weighted by atomic mass is 16.3. The number of hydrogen-bond acceptors (Lipinski definition) is 1. The molecule has 2 aromatic carbocycles. The van der Waals surface area contributed by atoms with Crippen molar-refractivity contribution in [1.82, 2.24) is 0 Å². The molecule has 0 spiro atoms. The van der Waals surface area contributed by atoms with E-state index in [0.717, 1.165) is 10.8 Å². The molecule has 0 aliphatic heterocycles. The highest BCUT2D eigenvalue weighted by Gasteiger charge is 2.17. The Morgan fingerprint density at radius 3 is 1.68 bits per heavy atom. The quantitative estimate of drug-likeness (QED) is 0.625. The minimum atomic E-state index is 0.104. The van der Waals surface area contributed by atoms with Crippen LogP contribution >= 0.6 is 0 Å². The first-order chi connectivity index (χ1) is 9.00. The summed E-state index contributed by atoms with van der Waals surface area (Å²) in [6.45, 7) is 14.6. The summed E-state index contributed by atoms with van der Waals surface area (Å²) < 4.78 is 0. The van der Waals surface area contributed by atoms with Gasteiger partial charge in [-0.2, -0.15) is 0 Å². The molecule has 0 radical (unpaired) electrons. The lowest BCUT2D eigenvalue weighted by atomic mass is 9.83. The van der Waals surface area contributed by atoms with Crippen molar-refractivity contribution in [3.63, 3.8) is 0 Å². The van der Waals surface area contributed by atoms with Gasteiger partial charge in [0, 0.05) is 5.39 Å². The van der Waals surface area contributed by atoms with Crippen LogP contribution in [-0.2, 0) is 5.41 Å². The van der Waals surface area contributed by atoms with Crippen LogP contribution in [0.2, 0.25) is 0 Å². The molecule has 0 aliphatic rings. The second-order valence-corrected chi connectivity index (χ2v) is 4.93. The Morgan fingerprint density at radius 2 is 1.21 bits per heavy atom. The first kappa shape index (κ1) is 17.5. The summed E-state index contributed by atoms with van der Waals surface area (Å²) >= 11 is 0. The van der Waals surface area contributed by atoms with Gasteiger partial charge < -0.3 is 5.11 Å². The molecule has 1 nitrogen and oxygen atoms in total. The van der Waals surface area contributed by atoms with E-state index in [1.54, 1.807) is 6.07 Å². The third-order valence-corrected chi connectivity index (χ3v) is 2.71. The van der Waals surface area contributed by atoms with Crippen molar-refractivity contribution >= 4 is 10.8 Å². The molecule has 19 heavy (non-hydrogen) atoms. The van der Waals surface area contributed by atoms with Crippen LogP contribution in [0.5, 0.6) is 5.75 Å². The van der Waals surface area contributed by atoms with E-state index in [-0.39, 0.29) is 5.41 Å². The summed E-state index contributed by atoms with van der Waals surface area (Å²) in [6, 6.07) is 11.8. The SMILES string of the molecule is CC.CC.CC(C)(C)c1ccc(O)c2ccccc12. The fourth-order valence-corrected chi connectivity index (χ4v) is 1.94. The third-order valence-electron chi connectivity index (χ3n) is 2.71. The van der Waals surface area contributed by atoms with Crippen molar-refractivity contribution in [2.24, 2.45) is 0 Å². The number of rotatable bonds is 0. The maximum absolute atomic E-state index is 9.76. The van der Waals surface area contributed by atoms with Crippen LogP contribution in [-0.4, -0.2) is 5.11 Å². The lowest BCUT2D eigenvalue weighted by Gasteiger charge is -2.21. The Kier molecular flexibility index (Phi) is 7.21. The standard InChI is InChI=1S/C14H16O.2C2H6/c1-14(2,3)12-8-9-13(15)11-7-5-4-6-10(11)12;2*1-2/h4-9,15H,1-3H3;2*1-2H3. The number of hydrogen-bond donors (Lipinski definition) is 1. The van der Waals surface area contributed by atoms with E-state index in [1.165, 1.54) is 5.56 Å². The number of phenols is 1. The molecule has 0 heterocycles. The predicted molar refractivity (Wildman–Crippen MR) is 87.0 cm³/mol. The van der Waals surface area contributed by atoms with Gasteiger partial charge in [-0.25, -0.2) is 0 Å². The van der Waals surface area contributed by atoms with E-state index < -0.39 is 0 Å². The van der Waals surface area contributed by atoms with Crippen molar-refractivity contribution in [2.45, 2.75) is 53.9 Å². The van der Waals surface area contributed by atoms with Crippen molar-refractivity contribution in [3.05, 3.63) is 42.0 Å². The maximum atomic E-state index is 9.76. The second kappa shape index (κ2) is 7.83. The van der Waals surface area contributed by atoms with Crippen LogP contribution in [0.25, 0.3) is 10.8 Å². The molecule has 0 aliphatic carbocycles. The van der Waals surface area contributed by atoms with Gasteiger partial charge in [0.1, 0.15) is 5.75 Å². The Morgan fingerprint density at radius 1 is 0.737 bits per heavy atom. The van der Waals surface area contributed by atoms with Crippen molar-refractivity contribution < 1.29 is 5.11 Å². The van der Waals surface area contributed by atoms with E-state index in [4.69, 9.17) is 0 Å². The Hall–Kier alpha value is -1.50. The van der Waals surface area contributed by atoms with Crippen LogP contribution in [0.4, 0.5) is 0 Å². The zero-order valence-corrected chi connectivity index (χ0v) is 13.4. The number of benzene rings is 2. The van der Waals surface area contributed by atoms with E-state index in [1.807, 2.05) is 52.0 Å². The fraction of sp³-hybridized carbons (Fsp3) is 0.444. The molecule has 0 saturated heterocycles. The average molecular weight is 260 g/mol. The Balaban J connectivity index is 0.000000741. The van der Waals surface area contributed by atoms with Crippen molar-refractivity contribution in [2.75, 3.05) is 0 Å². The van der Waals surface area contributed by atoms with Gasteiger partial charge in [-0.1, -0.05) is 78.8 Å². The summed E-state index contributed by atoms with van der Waals surface area (Å²) in [6.07, 6.45) is 0. The topological polar surface area (TPSA) is 20.2 Å². The minimum absolute atomic E-state index is 0.104. The van der Waals surface area contributed by atoms with Crippen molar-refractivity contribution in [1.29, 1.82) is 0 Å². The second-order valence-electron chi connectivity index (χ2n) is 4.93. The summed E-state index contributed by atoms with van der Waals surface area (Å²) in [5.74, 6) is 0.360. The lowest BCUT2D eigenvalue weighted by Crippen LogP contribution is -2.11. The van der Waals surface area contributed by atoms with Crippen LogP contribution in [0.3, 0.4) is 0 Å². The molecular formula is C18H28O. The molecule has 1 heteroatoms. The molecule has 2 aromatic rings. The molecule has 0 fully saturated rings. The molecule has 106 valence electrons. The molecule has 0 atom stereocenters. The maximum Gasteiger partial charge on any atom is 0.123 e. The Labute approximate surface area is 118 Å². The molecule has 0 bridgehead atoms. The molecule has 2 rings (SSSR count). The monoisotopic (exact) mass is 260 g/mol. The van der Waals surface area contributed by atoms with Gasteiger partial charge >= 0.3 is 0 Å². The summed E-state index contributed by atoms with van der Waals surface area (Å²) in [5.41, 5.74) is 1.38. The molecule has 0 amide bonds.